The summed E-state index contributed by atoms with van der Waals surface area (Å²) >= 11 is 12.0. The molecule has 2 rings (SSSR count). The molecule has 0 aromatic heterocycles. The van der Waals surface area contributed by atoms with Crippen molar-refractivity contribution < 1.29 is 5.11 Å². The van der Waals surface area contributed by atoms with E-state index >= 15 is 0 Å². The van der Waals surface area contributed by atoms with E-state index in [-0.39, 0.29) is 30.5 Å². The third kappa shape index (κ3) is 9.03. The second-order valence-electron chi connectivity index (χ2n) is 7.03. The standard InChI is InChI=1S/C20H32Cl2N4O.HI/c1-3-23-20(24-8-5-15-6-9-26(4-2)10-7-15)25-14-19(27)16-11-17(21)13-18(22)12-16;/h11-13,15,19,27H,3-10,14H2,1-2H3,(H2,23,24,25);1H. The van der Waals surface area contributed by atoms with Gasteiger partial charge in [0, 0.05) is 23.1 Å². The maximum absolute atomic E-state index is 10.4. The highest BCUT2D eigenvalue weighted by molar-refractivity contribution is 14.0. The lowest BCUT2D eigenvalue weighted by Gasteiger charge is -2.31. The van der Waals surface area contributed by atoms with Gasteiger partial charge in [-0.2, -0.15) is 0 Å². The van der Waals surface area contributed by atoms with E-state index in [1.807, 2.05) is 6.92 Å². The topological polar surface area (TPSA) is 59.9 Å². The molecule has 1 aromatic carbocycles. The number of piperidine rings is 1. The van der Waals surface area contributed by atoms with Crippen LogP contribution in [0, 0.1) is 5.92 Å². The van der Waals surface area contributed by atoms with Gasteiger partial charge in [-0.15, -0.1) is 24.0 Å². The lowest BCUT2D eigenvalue weighted by atomic mass is 9.93. The van der Waals surface area contributed by atoms with E-state index < -0.39 is 6.10 Å². The predicted molar refractivity (Wildman–Crippen MR) is 130 cm³/mol. The van der Waals surface area contributed by atoms with Gasteiger partial charge in [-0.3, -0.25) is 4.99 Å². The summed E-state index contributed by atoms with van der Waals surface area (Å²) in [5, 5.41) is 18.0. The Bertz CT molecular complexity index is 590. The third-order valence-electron chi connectivity index (χ3n) is 5.04. The SMILES string of the molecule is CCNC(=NCC(O)c1cc(Cl)cc(Cl)c1)NCCC1CCN(CC)CC1.I. The molecular weight excluding hydrogens is 510 g/mol. The van der Waals surface area contributed by atoms with Crippen LogP contribution in [-0.2, 0) is 0 Å². The van der Waals surface area contributed by atoms with Crippen LogP contribution in [0.3, 0.4) is 0 Å². The summed E-state index contributed by atoms with van der Waals surface area (Å²) in [6, 6.07) is 5.09. The van der Waals surface area contributed by atoms with Crippen molar-refractivity contribution in [3.63, 3.8) is 0 Å². The van der Waals surface area contributed by atoms with E-state index in [0.29, 0.717) is 15.6 Å². The van der Waals surface area contributed by atoms with Gasteiger partial charge in [-0.1, -0.05) is 30.1 Å². The number of aliphatic hydroxyl groups is 1. The molecule has 0 radical (unpaired) electrons. The van der Waals surface area contributed by atoms with Crippen LogP contribution in [-0.4, -0.2) is 55.2 Å². The molecule has 28 heavy (non-hydrogen) atoms. The van der Waals surface area contributed by atoms with E-state index in [1.54, 1.807) is 18.2 Å². The number of likely N-dealkylation sites (tertiary alicyclic amines) is 1. The Morgan fingerprint density at radius 2 is 1.82 bits per heavy atom. The first-order valence-electron chi connectivity index (χ1n) is 9.90. The van der Waals surface area contributed by atoms with Crippen molar-refractivity contribution in [2.24, 2.45) is 10.9 Å². The van der Waals surface area contributed by atoms with Crippen molar-refractivity contribution in [2.75, 3.05) is 39.3 Å². The van der Waals surface area contributed by atoms with Gasteiger partial charge in [0.05, 0.1) is 12.6 Å². The summed E-state index contributed by atoms with van der Waals surface area (Å²) in [6.45, 7) is 9.76. The van der Waals surface area contributed by atoms with Crippen molar-refractivity contribution >= 4 is 53.1 Å². The zero-order valence-corrected chi connectivity index (χ0v) is 20.6. The Morgan fingerprint density at radius 1 is 1.18 bits per heavy atom. The molecule has 1 aromatic rings. The number of nitrogens with one attached hydrogen (secondary N) is 2. The zero-order valence-electron chi connectivity index (χ0n) is 16.8. The molecule has 0 amide bonds. The molecule has 5 nitrogen and oxygen atoms in total. The van der Waals surface area contributed by atoms with Gasteiger partial charge in [-0.25, -0.2) is 0 Å². The first kappa shape index (κ1) is 25.8. The Kier molecular flexibility index (Phi) is 12.7. The summed E-state index contributed by atoms with van der Waals surface area (Å²) in [5.41, 5.74) is 0.676. The van der Waals surface area contributed by atoms with Crippen LogP contribution in [0.15, 0.2) is 23.2 Å². The maximum atomic E-state index is 10.4. The molecule has 0 spiro atoms. The number of aliphatic imine (C=N–C) groups is 1. The zero-order chi connectivity index (χ0) is 19.6. The van der Waals surface area contributed by atoms with Gasteiger partial charge in [0.2, 0.25) is 0 Å². The minimum absolute atomic E-state index is 0. The first-order valence-corrected chi connectivity index (χ1v) is 10.7. The number of guanidine groups is 1. The predicted octanol–water partition coefficient (Wildman–Crippen LogP) is 4.32. The Balaban J connectivity index is 0.00000392. The molecule has 160 valence electrons. The van der Waals surface area contributed by atoms with Gasteiger partial charge in [0.15, 0.2) is 5.96 Å². The first-order chi connectivity index (χ1) is 13.0. The fraction of sp³-hybridized carbons (Fsp3) is 0.650. The fourth-order valence-electron chi connectivity index (χ4n) is 3.38. The lowest BCUT2D eigenvalue weighted by molar-refractivity contribution is 0.186. The Morgan fingerprint density at radius 3 is 2.39 bits per heavy atom. The van der Waals surface area contributed by atoms with Crippen molar-refractivity contribution in [2.45, 2.75) is 39.2 Å². The number of hydrogen-bond donors (Lipinski definition) is 3. The molecule has 1 unspecified atom stereocenters. The summed E-state index contributed by atoms with van der Waals surface area (Å²) in [4.78, 5) is 7.02. The minimum Gasteiger partial charge on any atom is -0.386 e. The highest BCUT2D eigenvalue weighted by Crippen LogP contribution is 2.23. The molecule has 3 N–H and O–H groups in total. The van der Waals surface area contributed by atoms with Crippen LogP contribution in [0.4, 0.5) is 0 Å². The molecule has 0 bridgehead atoms. The summed E-state index contributed by atoms with van der Waals surface area (Å²) in [6.07, 6.45) is 2.96. The molecule has 1 aliphatic heterocycles. The minimum atomic E-state index is -0.741. The summed E-state index contributed by atoms with van der Waals surface area (Å²) in [5.74, 6) is 1.51. The number of rotatable bonds is 8. The average Bonchev–Trinajstić information content (AvgIpc) is 2.65. The van der Waals surface area contributed by atoms with E-state index in [9.17, 15) is 5.11 Å². The van der Waals surface area contributed by atoms with Crippen molar-refractivity contribution in [3.8, 4) is 0 Å². The van der Waals surface area contributed by atoms with Crippen molar-refractivity contribution in [3.05, 3.63) is 33.8 Å². The maximum Gasteiger partial charge on any atom is 0.191 e. The van der Waals surface area contributed by atoms with Gasteiger partial charge in [0.25, 0.3) is 0 Å². The smallest absolute Gasteiger partial charge is 0.191 e. The number of nitrogens with zero attached hydrogens (tertiary/aromatic N) is 2. The molecule has 8 heteroatoms. The molecular formula is C20H33Cl2IN4O. The molecule has 1 fully saturated rings. The molecule has 1 saturated heterocycles. The van der Waals surface area contributed by atoms with Gasteiger partial charge in [-0.05, 0) is 75.5 Å². The van der Waals surface area contributed by atoms with Crippen molar-refractivity contribution in [1.82, 2.24) is 15.5 Å². The fourth-order valence-corrected chi connectivity index (χ4v) is 3.92. The molecule has 1 heterocycles. The van der Waals surface area contributed by atoms with Gasteiger partial charge in [0.1, 0.15) is 0 Å². The number of benzene rings is 1. The number of aliphatic hydroxyl groups excluding tert-OH is 1. The lowest BCUT2D eigenvalue weighted by Crippen LogP contribution is -2.39. The highest BCUT2D eigenvalue weighted by Gasteiger charge is 2.17. The average molecular weight is 543 g/mol. The second-order valence-corrected chi connectivity index (χ2v) is 7.90. The second kappa shape index (κ2) is 13.9. The number of hydrogen-bond acceptors (Lipinski definition) is 3. The van der Waals surface area contributed by atoms with E-state index in [1.165, 1.54) is 25.9 Å². The van der Waals surface area contributed by atoms with Gasteiger partial charge >= 0.3 is 0 Å². The normalized spacial score (nSPS) is 17.1. The Labute approximate surface area is 196 Å². The van der Waals surface area contributed by atoms with E-state index in [4.69, 9.17) is 23.2 Å². The summed E-state index contributed by atoms with van der Waals surface area (Å²) in [7, 11) is 0. The van der Waals surface area contributed by atoms with E-state index in [2.05, 4.69) is 27.4 Å². The number of halogens is 3. The Hall–Kier alpha value is -0.280. The monoisotopic (exact) mass is 542 g/mol. The highest BCUT2D eigenvalue weighted by atomic mass is 127. The third-order valence-corrected chi connectivity index (χ3v) is 5.47. The van der Waals surface area contributed by atoms with Crippen LogP contribution in [0.25, 0.3) is 0 Å². The van der Waals surface area contributed by atoms with Crippen LogP contribution < -0.4 is 10.6 Å². The quantitative estimate of drug-likeness (QED) is 0.260. The van der Waals surface area contributed by atoms with Crippen LogP contribution in [0.5, 0.6) is 0 Å². The molecule has 1 atom stereocenters. The van der Waals surface area contributed by atoms with E-state index in [0.717, 1.165) is 37.9 Å². The molecule has 0 aliphatic carbocycles. The van der Waals surface area contributed by atoms with Crippen LogP contribution in [0.2, 0.25) is 10.0 Å². The van der Waals surface area contributed by atoms with Crippen LogP contribution >= 0.6 is 47.2 Å². The molecule has 1 aliphatic rings. The summed E-state index contributed by atoms with van der Waals surface area (Å²) < 4.78 is 0. The van der Waals surface area contributed by atoms with Crippen LogP contribution in [0.1, 0.15) is 44.8 Å². The largest absolute Gasteiger partial charge is 0.386 e. The van der Waals surface area contributed by atoms with Crippen molar-refractivity contribution in [1.29, 1.82) is 0 Å². The molecule has 0 saturated carbocycles. The van der Waals surface area contributed by atoms with Gasteiger partial charge < -0.3 is 20.6 Å².